The molecule has 0 radical (unpaired) electrons. The number of nitrogens with one attached hydrogen (secondary N) is 2. The molecule has 0 aliphatic heterocycles. The average Bonchev–Trinajstić information content (AvgIpc) is 3.04. The summed E-state index contributed by atoms with van der Waals surface area (Å²) >= 11 is 0. The van der Waals surface area contributed by atoms with E-state index in [1.54, 1.807) is 7.05 Å². The van der Waals surface area contributed by atoms with Crippen molar-refractivity contribution in [3.63, 3.8) is 0 Å². The monoisotopic (exact) mass is 485 g/mol. The molecule has 27 heavy (non-hydrogen) atoms. The topological polar surface area (TPSA) is 65.7 Å². The third-order valence-electron chi connectivity index (χ3n) is 4.24. The zero-order chi connectivity index (χ0) is 18.9. The smallest absolute Gasteiger partial charge is 0.191 e. The molecule has 0 fully saturated rings. The molecule has 2 rings (SSSR count). The number of aromatic nitrogens is 1. The zero-order valence-electron chi connectivity index (χ0n) is 17.0. The van der Waals surface area contributed by atoms with Crippen LogP contribution in [-0.4, -0.2) is 37.2 Å². The van der Waals surface area contributed by atoms with Crippen molar-refractivity contribution in [2.75, 3.05) is 21.1 Å². The number of hydrogen-bond acceptors (Lipinski definition) is 4. The summed E-state index contributed by atoms with van der Waals surface area (Å²) in [4.78, 5) is 6.47. The second-order valence-corrected chi connectivity index (χ2v) is 6.57. The average molecular weight is 485 g/mol. The number of halogens is 1. The summed E-state index contributed by atoms with van der Waals surface area (Å²) in [5.74, 6) is 1.72. The van der Waals surface area contributed by atoms with Crippen molar-refractivity contribution >= 4 is 29.9 Å². The lowest BCUT2D eigenvalue weighted by molar-refractivity contribution is 0.380. The van der Waals surface area contributed by atoms with Gasteiger partial charge in [-0.1, -0.05) is 43.3 Å². The molecule has 0 saturated heterocycles. The number of aryl methyl sites for hydroxylation is 2. The van der Waals surface area contributed by atoms with Crippen LogP contribution in [0.25, 0.3) is 0 Å². The van der Waals surface area contributed by atoms with Crippen molar-refractivity contribution in [1.29, 1.82) is 0 Å². The summed E-state index contributed by atoms with van der Waals surface area (Å²) in [6.07, 6.45) is 1.71. The van der Waals surface area contributed by atoms with Crippen molar-refractivity contribution in [2.45, 2.75) is 46.3 Å². The molecule has 0 aliphatic rings. The molecule has 0 saturated carbocycles. The van der Waals surface area contributed by atoms with Gasteiger partial charge in [-0.25, -0.2) is 0 Å². The second kappa shape index (κ2) is 12.0. The molecule has 0 bridgehead atoms. The van der Waals surface area contributed by atoms with Crippen LogP contribution in [0.3, 0.4) is 0 Å². The molecule has 0 spiro atoms. The van der Waals surface area contributed by atoms with Crippen LogP contribution < -0.4 is 10.6 Å². The van der Waals surface area contributed by atoms with E-state index < -0.39 is 0 Å². The summed E-state index contributed by atoms with van der Waals surface area (Å²) in [7, 11) is 5.94. The van der Waals surface area contributed by atoms with Gasteiger partial charge in [0.05, 0.1) is 5.69 Å². The molecular weight excluding hydrogens is 453 g/mol. The molecule has 2 aromatic rings. The maximum Gasteiger partial charge on any atom is 0.191 e. The Morgan fingerprint density at radius 1 is 1.04 bits per heavy atom. The van der Waals surface area contributed by atoms with Crippen molar-refractivity contribution in [3.05, 3.63) is 52.4 Å². The van der Waals surface area contributed by atoms with Gasteiger partial charge in [0, 0.05) is 38.7 Å². The summed E-state index contributed by atoms with van der Waals surface area (Å²) in [5.41, 5.74) is 4.70. The molecular formula is C20H32IN5O. The fourth-order valence-corrected chi connectivity index (χ4v) is 2.84. The highest BCUT2D eigenvalue weighted by Crippen LogP contribution is 2.15. The molecule has 0 aliphatic carbocycles. The standard InChI is InChI=1S/C20H31N5O.HI/c1-6-18-17(19(7-2)26-24-18)13-23-20(21-3)22-12-15-8-10-16(11-9-15)14-25(4)5;/h8-11H,6-7,12-14H2,1-5H3,(H2,21,22,23);1H. The van der Waals surface area contributed by atoms with Crippen LogP contribution in [-0.2, 0) is 32.5 Å². The molecule has 1 aromatic heterocycles. The highest BCUT2D eigenvalue weighted by molar-refractivity contribution is 14.0. The first-order chi connectivity index (χ1) is 12.6. The summed E-state index contributed by atoms with van der Waals surface area (Å²) in [6.45, 7) is 6.52. The minimum atomic E-state index is 0. The third kappa shape index (κ3) is 7.14. The highest BCUT2D eigenvalue weighted by atomic mass is 127. The fourth-order valence-electron chi connectivity index (χ4n) is 2.84. The quantitative estimate of drug-likeness (QED) is 0.341. The van der Waals surface area contributed by atoms with E-state index in [1.807, 2.05) is 0 Å². The van der Waals surface area contributed by atoms with E-state index in [9.17, 15) is 0 Å². The second-order valence-electron chi connectivity index (χ2n) is 6.57. The van der Waals surface area contributed by atoms with E-state index in [-0.39, 0.29) is 24.0 Å². The minimum Gasteiger partial charge on any atom is -0.361 e. The Bertz CT molecular complexity index is 688. The van der Waals surface area contributed by atoms with Gasteiger partial charge in [-0.2, -0.15) is 0 Å². The Morgan fingerprint density at radius 2 is 1.67 bits per heavy atom. The minimum absolute atomic E-state index is 0. The Hall–Kier alpha value is -1.61. The van der Waals surface area contributed by atoms with Gasteiger partial charge in [0.15, 0.2) is 5.96 Å². The molecule has 6 nitrogen and oxygen atoms in total. The Labute approximate surface area is 179 Å². The Morgan fingerprint density at radius 3 is 2.22 bits per heavy atom. The molecule has 1 aromatic carbocycles. The Balaban J connectivity index is 0.00000364. The predicted octanol–water partition coefficient (Wildman–Crippen LogP) is 3.34. The highest BCUT2D eigenvalue weighted by Gasteiger charge is 2.13. The summed E-state index contributed by atoms with van der Waals surface area (Å²) in [5, 5.41) is 10.9. The number of rotatable bonds is 8. The fraction of sp³-hybridized carbons (Fsp3) is 0.500. The van der Waals surface area contributed by atoms with E-state index in [2.05, 4.69) is 77.9 Å². The van der Waals surface area contributed by atoms with Crippen molar-refractivity contribution in [1.82, 2.24) is 20.7 Å². The summed E-state index contributed by atoms with van der Waals surface area (Å²) in [6, 6.07) is 8.66. The number of aliphatic imine (C=N–C) groups is 1. The van der Waals surface area contributed by atoms with Gasteiger partial charge < -0.3 is 20.1 Å². The van der Waals surface area contributed by atoms with Crippen LogP contribution >= 0.6 is 24.0 Å². The van der Waals surface area contributed by atoms with Crippen molar-refractivity contribution in [3.8, 4) is 0 Å². The number of guanidine groups is 1. The van der Waals surface area contributed by atoms with Gasteiger partial charge in [-0.3, -0.25) is 4.99 Å². The van der Waals surface area contributed by atoms with Crippen LogP contribution in [0, 0.1) is 0 Å². The molecule has 2 N–H and O–H groups in total. The number of nitrogens with zero attached hydrogens (tertiary/aromatic N) is 3. The first-order valence-electron chi connectivity index (χ1n) is 9.20. The van der Waals surface area contributed by atoms with Crippen LogP contribution in [0.2, 0.25) is 0 Å². The predicted molar refractivity (Wildman–Crippen MR) is 122 cm³/mol. The molecule has 0 amide bonds. The van der Waals surface area contributed by atoms with Gasteiger partial charge in [0.1, 0.15) is 5.76 Å². The van der Waals surface area contributed by atoms with Gasteiger partial charge in [-0.15, -0.1) is 24.0 Å². The SMILES string of the molecule is CCc1noc(CC)c1CNC(=NC)NCc1ccc(CN(C)C)cc1.I. The Kier molecular flexibility index (Phi) is 10.4. The van der Waals surface area contributed by atoms with Crippen LogP contribution in [0.15, 0.2) is 33.8 Å². The van der Waals surface area contributed by atoms with Gasteiger partial charge in [-0.05, 0) is 31.6 Å². The first kappa shape index (κ1) is 23.4. The van der Waals surface area contributed by atoms with Crippen LogP contribution in [0.4, 0.5) is 0 Å². The lowest BCUT2D eigenvalue weighted by Crippen LogP contribution is -2.36. The van der Waals surface area contributed by atoms with Gasteiger partial charge in [0.25, 0.3) is 0 Å². The van der Waals surface area contributed by atoms with Crippen LogP contribution in [0.1, 0.15) is 42.0 Å². The van der Waals surface area contributed by atoms with E-state index in [1.165, 1.54) is 11.1 Å². The molecule has 0 unspecified atom stereocenters. The first-order valence-corrected chi connectivity index (χ1v) is 9.20. The van der Waals surface area contributed by atoms with Gasteiger partial charge in [0.2, 0.25) is 0 Å². The lowest BCUT2D eigenvalue weighted by atomic mass is 10.1. The van der Waals surface area contributed by atoms with E-state index in [0.717, 1.165) is 48.9 Å². The molecule has 1 heterocycles. The molecule has 0 atom stereocenters. The molecule has 7 heteroatoms. The summed E-state index contributed by atoms with van der Waals surface area (Å²) < 4.78 is 5.42. The van der Waals surface area contributed by atoms with Crippen molar-refractivity contribution < 1.29 is 4.52 Å². The van der Waals surface area contributed by atoms with E-state index in [0.29, 0.717) is 6.54 Å². The zero-order valence-corrected chi connectivity index (χ0v) is 19.3. The van der Waals surface area contributed by atoms with Crippen molar-refractivity contribution in [2.24, 2.45) is 4.99 Å². The van der Waals surface area contributed by atoms with Crippen LogP contribution in [0.5, 0.6) is 0 Å². The van der Waals surface area contributed by atoms with E-state index in [4.69, 9.17) is 4.52 Å². The third-order valence-corrected chi connectivity index (χ3v) is 4.24. The maximum atomic E-state index is 5.42. The lowest BCUT2D eigenvalue weighted by Gasteiger charge is -2.13. The van der Waals surface area contributed by atoms with Gasteiger partial charge >= 0.3 is 0 Å². The van der Waals surface area contributed by atoms with E-state index >= 15 is 0 Å². The molecule has 150 valence electrons. The number of benzene rings is 1. The maximum absolute atomic E-state index is 5.42. The largest absolute Gasteiger partial charge is 0.361 e. The normalized spacial score (nSPS) is 11.4. The number of hydrogen-bond donors (Lipinski definition) is 2.